The van der Waals surface area contributed by atoms with E-state index in [1.54, 1.807) is 4.90 Å². The molecule has 0 aliphatic carbocycles. The molecule has 0 bridgehead atoms. The summed E-state index contributed by atoms with van der Waals surface area (Å²) >= 11 is 0. The lowest BCUT2D eigenvalue weighted by atomic mass is 10.2. The van der Waals surface area contributed by atoms with Crippen molar-refractivity contribution >= 4 is 6.09 Å². The van der Waals surface area contributed by atoms with Crippen molar-refractivity contribution in [2.24, 2.45) is 5.92 Å². The highest BCUT2D eigenvalue weighted by atomic mass is 16.6. The minimum absolute atomic E-state index is 0.223. The zero-order valence-corrected chi connectivity index (χ0v) is 12.2. The summed E-state index contributed by atoms with van der Waals surface area (Å²) in [5, 5.41) is 3.38. The van der Waals surface area contributed by atoms with Crippen molar-refractivity contribution in [2.75, 3.05) is 19.6 Å². The Balaban J connectivity index is 2.46. The van der Waals surface area contributed by atoms with Crippen molar-refractivity contribution in [3.8, 4) is 0 Å². The number of nitrogens with zero attached hydrogens (tertiary/aromatic N) is 1. The first-order valence-electron chi connectivity index (χ1n) is 6.69. The van der Waals surface area contributed by atoms with E-state index in [1.807, 2.05) is 20.8 Å². The van der Waals surface area contributed by atoms with Crippen LogP contribution >= 0.6 is 0 Å². The predicted molar refractivity (Wildman–Crippen MR) is 73.3 cm³/mol. The molecule has 0 aromatic carbocycles. The molecule has 0 fully saturated rings. The number of rotatable bonds is 3. The summed E-state index contributed by atoms with van der Waals surface area (Å²) in [6, 6.07) is 0. The lowest BCUT2D eigenvalue weighted by molar-refractivity contribution is 0.0259. The summed E-state index contributed by atoms with van der Waals surface area (Å²) in [5.41, 5.74) is 0.699. The van der Waals surface area contributed by atoms with E-state index in [2.05, 4.69) is 25.2 Å². The number of carbonyl (C=O) groups excluding carboxylic acids is 1. The number of hydrogen-bond acceptors (Lipinski definition) is 3. The van der Waals surface area contributed by atoms with Crippen molar-refractivity contribution in [3.05, 3.63) is 11.8 Å². The highest BCUT2D eigenvalue weighted by molar-refractivity contribution is 5.68. The monoisotopic (exact) mass is 254 g/mol. The summed E-state index contributed by atoms with van der Waals surface area (Å²) in [6.07, 6.45) is 2.84. The number of amides is 1. The largest absolute Gasteiger partial charge is 0.444 e. The van der Waals surface area contributed by atoms with Crippen molar-refractivity contribution < 1.29 is 9.53 Å². The SMILES string of the molecule is CC(C)CNC1=CCCN(C(=O)OC(C)(C)C)C1. The molecule has 0 unspecified atom stereocenters. The van der Waals surface area contributed by atoms with Gasteiger partial charge in [-0.15, -0.1) is 0 Å². The molecule has 0 saturated carbocycles. The molecule has 4 nitrogen and oxygen atoms in total. The van der Waals surface area contributed by atoms with Crippen molar-refractivity contribution in [1.29, 1.82) is 0 Å². The first-order valence-corrected chi connectivity index (χ1v) is 6.69. The quantitative estimate of drug-likeness (QED) is 0.842. The van der Waals surface area contributed by atoms with Gasteiger partial charge in [-0.05, 0) is 33.1 Å². The Labute approximate surface area is 110 Å². The number of carbonyl (C=O) groups is 1. The van der Waals surface area contributed by atoms with Crippen LogP contribution < -0.4 is 5.32 Å². The van der Waals surface area contributed by atoms with Gasteiger partial charge in [-0.25, -0.2) is 4.79 Å². The Kier molecular flexibility index (Phi) is 5.05. The lowest BCUT2D eigenvalue weighted by Crippen LogP contribution is -2.42. The third kappa shape index (κ3) is 5.43. The molecular weight excluding hydrogens is 228 g/mol. The van der Waals surface area contributed by atoms with Gasteiger partial charge in [0.05, 0.1) is 6.54 Å². The first kappa shape index (κ1) is 14.9. The molecule has 0 spiro atoms. The average Bonchev–Trinajstić information content (AvgIpc) is 2.24. The molecule has 0 aromatic rings. The molecular formula is C14H26N2O2. The van der Waals surface area contributed by atoms with Crippen LogP contribution in [-0.4, -0.2) is 36.2 Å². The Bertz CT molecular complexity index is 316. The first-order chi connectivity index (χ1) is 8.28. The number of nitrogens with one attached hydrogen (secondary N) is 1. The van der Waals surface area contributed by atoms with E-state index >= 15 is 0 Å². The minimum Gasteiger partial charge on any atom is -0.444 e. The number of hydrogen-bond donors (Lipinski definition) is 1. The van der Waals surface area contributed by atoms with Gasteiger partial charge in [0, 0.05) is 18.8 Å². The fourth-order valence-electron chi connectivity index (χ4n) is 1.69. The smallest absolute Gasteiger partial charge is 0.410 e. The maximum Gasteiger partial charge on any atom is 0.410 e. The van der Waals surface area contributed by atoms with Crippen molar-refractivity contribution in [1.82, 2.24) is 10.2 Å². The fraction of sp³-hybridized carbons (Fsp3) is 0.786. The zero-order valence-electron chi connectivity index (χ0n) is 12.2. The molecule has 1 amide bonds. The van der Waals surface area contributed by atoms with Gasteiger partial charge in [0.15, 0.2) is 0 Å². The van der Waals surface area contributed by atoms with E-state index in [0.29, 0.717) is 12.5 Å². The van der Waals surface area contributed by atoms with Gasteiger partial charge in [-0.1, -0.05) is 19.9 Å². The Morgan fingerprint density at radius 2 is 2.17 bits per heavy atom. The molecule has 1 rings (SSSR count). The summed E-state index contributed by atoms with van der Waals surface area (Å²) < 4.78 is 5.38. The van der Waals surface area contributed by atoms with Crippen LogP contribution in [0.2, 0.25) is 0 Å². The van der Waals surface area contributed by atoms with Gasteiger partial charge >= 0.3 is 6.09 Å². The van der Waals surface area contributed by atoms with Gasteiger partial charge in [0.1, 0.15) is 5.60 Å². The van der Waals surface area contributed by atoms with E-state index < -0.39 is 5.60 Å². The molecule has 104 valence electrons. The fourth-order valence-corrected chi connectivity index (χ4v) is 1.69. The van der Waals surface area contributed by atoms with Crippen LogP contribution in [0.1, 0.15) is 41.0 Å². The maximum atomic E-state index is 11.9. The van der Waals surface area contributed by atoms with Gasteiger partial charge in [0.25, 0.3) is 0 Å². The Hall–Kier alpha value is -1.19. The van der Waals surface area contributed by atoms with Crippen LogP contribution in [0, 0.1) is 5.92 Å². The highest BCUT2D eigenvalue weighted by Gasteiger charge is 2.24. The molecule has 1 aliphatic heterocycles. The Morgan fingerprint density at radius 1 is 1.50 bits per heavy atom. The normalized spacial score (nSPS) is 16.6. The molecule has 0 saturated heterocycles. The van der Waals surface area contributed by atoms with Crippen molar-refractivity contribution in [2.45, 2.75) is 46.6 Å². The second-order valence-electron chi connectivity index (χ2n) is 6.19. The van der Waals surface area contributed by atoms with Gasteiger partial charge in [-0.2, -0.15) is 0 Å². The third-order valence-electron chi connectivity index (χ3n) is 2.54. The molecule has 4 heteroatoms. The van der Waals surface area contributed by atoms with Gasteiger partial charge in [0.2, 0.25) is 0 Å². The van der Waals surface area contributed by atoms with Gasteiger partial charge in [-0.3, -0.25) is 0 Å². The van der Waals surface area contributed by atoms with Crippen LogP contribution in [0.3, 0.4) is 0 Å². The molecule has 0 atom stereocenters. The van der Waals surface area contributed by atoms with Crippen LogP contribution in [0.15, 0.2) is 11.8 Å². The minimum atomic E-state index is -0.427. The summed E-state index contributed by atoms with van der Waals surface area (Å²) in [5.74, 6) is 0.600. The molecule has 1 N–H and O–H groups in total. The zero-order chi connectivity index (χ0) is 13.8. The van der Waals surface area contributed by atoms with Crippen LogP contribution in [0.4, 0.5) is 4.79 Å². The summed E-state index contributed by atoms with van der Waals surface area (Å²) in [4.78, 5) is 13.7. The van der Waals surface area contributed by atoms with E-state index in [4.69, 9.17) is 4.74 Å². The molecule has 18 heavy (non-hydrogen) atoms. The van der Waals surface area contributed by atoms with Crippen molar-refractivity contribution in [3.63, 3.8) is 0 Å². The van der Waals surface area contributed by atoms with Gasteiger partial charge < -0.3 is 15.0 Å². The van der Waals surface area contributed by atoms with E-state index in [0.717, 1.165) is 25.2 Å². The van der Waals surface area contributed by atoms with Crippen LogP contribution in [-0.2, 0) is 4.74 Å². The predicted octanol–water partition coefficient (Wildman–Crippen LogP) is 2.76. The molecule has 0 aromatic heterocycles. The maximum absolute atomic E-state index is 11.9. The summed E-state index contributed by atoms with van der Waals surface area (Å²) in [6.45, 7) is 12.3. The number of ether oxygens (including phenoxy) is 1. The summed E-state index contributed by atoms with van der Waals surface area (Å²) in [7, 11) is 0. The standard InChI is InChI=1S/C14H26N2O2/c1-11(2)9-15-12-7-6-8-16(10-12)13(17)18-14(3,4)5/h7,11,15H,6,8-10H2,1-5H3. The lowest BCUT2D eigenvalue weighted by Gasteiger charge is -2.30. The highest BCUT2D eigenvalue weighted by Crippen LogP contribution is 2.14. The molecule has 0 radical (unpaired) electrons. The molecule has 1 aliphatic rings. The van der Waals surface area contributed by atoms with Crippen LogP contribution in [0.5, 0.6) is 0 Å². The Morgan fingerprint density at radius 3 is 2.72 bits per heavy atom. The van der Waals surface area contributed by atoms with E-state index in [9.17, 15) is 4.79 Å². The average molecular weight is 254 g/mol. The third-order valence-corrected chi connectivity index (χ3v) is 2.54. The van der Waals surface area contributed by atoms with E-state index in [-0.39, 0.29) is 6.09 Å². The van der Waals surface area contributed by atoms with Crippen LogP contribution in [0.25, 0.3) is 0 Å². The second kappa shape index (κ2) is 6.12. The second-order valence-corrected chi connectivity index (χ2v) is 6.19. The molecule has 1 heterocycles. The topological polar surface area (TPSA) is 41.6 Å². The van der Waals surface area contributed by atoms with E-state index in [1.165, 1.54) is 0 Å².